The fraction of sp³-hybridized carbons (Fsp3) is 0.143. The second-order valence-corrected chi connectivity index (χ2v) is 6.32. The molecule has 120 valence electrons. The number of sulfonamides is 1. The number of nitrogens with one attached hydrogen (secondary N) is 1. The van der Waals surface area contributed by atoms with E-state index in [1.807, 2.05) is 6.07 Å². The third-order valence-corrected chi connectivity index (χ3v) is 3.99. The van der Waals surface area contributed by atoms with Gasteiger partial charge in [0.2, 0.25) is 10.0 Å². The van der Waals surface area contributed by atoms with Crippen molar-refractivity contribution >= 4 is 15.8 Å². The number of anilines is 1. The molecule has 0 saturated heterocycles. The number of rotatable bonds is 4. The summed E-state index contributed by atoms with van der Waals surface area (Å²) < 4.78 is 64.0. The third-order valence-electron chi connectivity index (χ3n) is 2.76. The number of aromatic nitrogens is 1. The third kappa shape index (κ3) is 4.69. The number of hydrogen-bond acceptors (Lipinski definition) is 4. The fourth-order valence-corrected chi connectivity index (χ4v) is 2.93. The molecule has 0 aliphatic carbocycles. The standard InChI is InChI=1S/C14H10F3N3O2S/c15-14(16,17)12-3-1-2-11(6-12)9-23(21,22)20-13-7-10(8-18)4-5-19-13/h1-7H,9H2,(H,19,20). The van der Waals surface area contributed by atoms with E-state index < -0.39 is 27.5 Å². The number of halogens is 3. The van der Waals surface area contributed by atoms with Crippen LogP contribution >= 0.6 is 0 Å². The van der Waals surface area contributed by atoms with Gasteiger partial charge in [-0.05, 0) is 23.8 Å². The van der Waals surface area contributed by atoms with E-state index in [0.29, 0.717) is 0 Å². The highest BCUT2D eigenvalue weighted by Crippen LogP contribution is 2.29. The first-order valence-corrected chi connectivity index (χ1v) is 7.88. The van der Waals surface area contributed by atoms with E-state index in [4.69, 9.17) is 5.26 Å². The summed E-state index contributed by atoms with van der Waals surface area (Å²) in [7, 11) is -3.96. The molecule has 0 radical (unpaired) electrons. The van der Waals surface area contributed by atoms with E-state index in [0.717, 1.165) is 18.2 Å². The first-order chi connectivity index (χ1) is 10.7. The van der Waals surface area contributed by atoms with Crippen LogP contribution in [0.5, 0.6) is 0 Å². The summed E-state index contributed by atoms with van der Waals surface area (Å²) in [5, 5.41) is 8.74. The van der Waals surface area contributed by atoms with Crippen molar-refractivity contribution < 1.29 is 21.6 Å². The lowest BCUT2D eigenvalue weighted by molar-refractivity contribution is -0.137. The zero-order chi connectivity index (χ0) is 17.1. The fourth-order valence-electron chi connectivity index (χ4n) is 1.81. The Morgan fingerprint density at radius 1 is 1.22 bits per heavy atom. The predicted octanol–water partition coefficient (Wildman–Crippen LogP) is 2.91. The van der Waals surface area contributed by atoms with Crippen LogP contribution in [0.4, 0.5) is 19.0 Å². The summed E-state index contributed by atoms with van der Waals surface area (Å²) in [6, 6.07) is 8.51. The number of benzene rings is 1. The maximum absolute atomic E-state index is 12.6. The minimum Gasteiger partial charge on any atom is -0.267 e. The van der Waals surface area contributed by atoms with Gasteiger partial charge in [0.15, 0.2) is 0 Å². The molecule has 0 aliphatic heterocycles. The molecule has 0 spiro atoms. The Kier molecular flexibility index (Phi) is 4.56. The molecule has 1 heterocycles. The Morgan fingerprint density at radius 3 is 2.61 bits per heavy atom. The maximum atomic E-state index is 12.6. The molecule has 1 aromatic heterocycles. The Labute approximate surface area is 130 Å². The number of nitrogens with zero attached hydrogens (tertiary/aromatic N) is 2. The molecule has 1 N–H and O–H groups in total. The first-order valence-electron chi connectivity index (χ1n) is 6.22. The highest BCUT2D eigenvalue weighted by atomic mass is 32.2. The highest BCUT2D eigenvalue weighted by Gasteiger charge is 2.30. The molecular weight excluding hydrogens is 331 g/mol. The predicted molar refractivity (Wildman–Crippen MR) is 76.6 cm³/mol. The van der Waals surface area contributed by atoms with Crippen molar-refractivity contribution in [2.45, 2.75) is 11.9 Å². The number of nitriles is 1. The average Bonchev–Trinajstić information content (AvgIpc) is 2.45. The van der Waals surface area contributed by atoms with Gasteiger partial charge in [-0.15, -0.1) is 0 Å². The van der Waals surface area contributed by atoms with Gasteiger partial charge in [-0.25, -0.2) is 13.4 Å². The summed E-state index contributed by atoms with van der Waals surface area (Å²) >= 11 is 0. The Balaban J connectivity index is 2.20. The van der Waals surface area contributed by atoms with Crippen molar-refractivity contribution in [3.05, 3.63) is 59.3 Å². The second-order valence-electron chi connectivity index (χ2n) is 4.60. The van der Waals surface area contributed by atoms with Gasteiger partial charge in [0.05, 0.1) is 22.9 Å². The Hall–Kier alpha value is -2.60. The summed E-state index contributed by atoms with van der Waals surface area (Å²) in [6.45, 7) is 0. The molecule has 0 atom stereocenters. The molecule has 0 bridgehead atoms. The zero-order valence-corrected chi connectivity index (χ0v) is 12.3. The van der Waals surface area contributed by atoms with Crippen LogP contribution in [0.25, 0.3) is 0 Å². The number of alkyl halides is 3. The van der Waals surface area contributed by atoms with E-state index >= 15 is 0 Å². The summed E-state index contributed by atoms with van der Waals surface area (Å²) in [5.74, 6) is -0.717. The Morgan fingerprint density at radius 2 is 1.96 bits per heavy atom. The molecule has 2 rings (SSSR count). The maximum Gasteiger partial charge on any atom is 0.416 e. The molecule has 0 saturated carbocycles. The monoisotopic (exact) mass is 341 g/mol. The van der Waals surface area contributed by atoms with Crippen molar-refractivity contribution in [2.75, 3.05) is 4.72 Å². The van der Waals surface area contributed by atoms with Crippen LogP contribution < -0.4 is 4.72 Å². The lowest BCUT2D eigenvalue weighted by Gasteiger charge is -2.10. The van der Waals surface area contributed by atoms with Gasteiger partial charge < -0.3 is 0 Å². The molecule has 5 nitrogen and oxygen atoms in total. The van der Waals surface area contributed by atoms with Crippen LogP contribution in [0.2, 0.25) is 0 Å². The lowest BCUT2D eigenvalue weighted by atomic mass is 10.1. The van der Waals surface area contributed by atoms with E-state index in [1.54, 1.807) is 0 Å². The molecule has 1 aromatic carbocycles. The average molecular weight is 341 g/mol. The van der Waals surface area contributed by atoms with Crippen LogP contribution in [-0.4, -0.2) is 13.4 Å². The van der Waals surface area contributed by atoms with Gasteiger partial charge in [-0.1, -0.05) is 18.2 Å². The lowest BCUT2D eigenvalue weighted by Crippen LogP contribution is -2.16. The SMILES string of the molecule is N#Cc1ccnc(NS(=O)(=O)Cc2cccc(C(F)(F)F)c2)c1. The quantitative estimate of drug-likeness (QED) is 0.927. The van der Waals surface area contributed by atoms with Gasteiger partial charge in [0.1, 0.15) is 5.82 Å². The van der Waals surface area contributed by atoms with Gasteiger partial charge in [-0.2, -0.15) is 18.4 Å². The van der Waals surface area contributed by atoms with Crippen molar-refractivity contribution in [1.29, 1.82) is 5.26 Å². The molecule has 2 aromatic rings. The summed E-state index contributed by atoms with van der Waals surface area (Å²) in [4.78, 5) is 3.75. The summed E-state index contributed by atoms with van der Waals surface area (Å²) in [5.41, 5.74) is -0.727. The van der Waals surface area contributed by atoms with Crippen LogP contribution in [-0.2, 0) is 22.0 Å². The van der Waals surface area contributed by atoms with Gasteiger partial charge in [0, 0.05) is 6.20 Å². The van der Waals surface area contributed by atoms with E-state index in [-0.39, 0.29) is 16.9 Å². The van der Waals surface area contributed by atoms with Crippen LogP contribution in [0.15, 0.2) is 42.6 Å². The molecule has 0 fully saturated rings. The molecule has 0 amide bonds. The topological polar surface area (TPSA) is 82.8 Å². The van der Waals surface area contributed by atoms with Gasteiger partial charge in [-0.3, -0.25) is 4.72 Å². The number of hydrogen-bond donors (Lipinski definition) is 1. The van der Waals surface area contributed by atoms with Gasteiger partial charge >= 0.3 is 6.18 Å². The van der Waals surface area contributed by atoms with E-state index in [1.165, 1.54) is 24.4 Å². The van der Waals surface area contributed by atoms with E-state index in [9.17, 15) is 21.6 Å². The van der Waals surface area contributed by atoms with Crippen molar-refractivity contribution in [2.24, 2.45) is 0 Å². The highest BCUT2D eigenvalue weighted by molar-refractivity contribution is 7.91. The van der Waals surface area contributed by atoms with E-state index in [2.05, 4.69) is 9.71 Å². The minimum absolute atomic E-state index is 0.0104. The second kappa shape index (κ2) is 6.26. The normalized spacial score (nSPS) is 11.7. The molecule has 9 heteroatoms. The molecule has 0 aliphatic rings. The Bertz CT molecular complexity index is 858. The van der Waals surface area contributed by atoms with Crippen LogP contribution in [0.1, 0.15) is 16.7 Å². The van der Waals surface area contributed by atoms with Crippen molar-refractivity contribution in [1.82, 2.24) is 4.98 Å². The molecular formula is C14H10F3N3O2S. The first kappa shape index (κ1) is 16.8. The van der Waals surface area contributed by atoms with Crippen LogP contribution in [0.3, 0.4) is 0 Å². The largest absolute Gasteiger partial charge is 0.416 e. The molecule has 23 heavy (non-hydrogen) atoms. The van der Waals surface area contributed by atoms with Crippen molar-refractivity contribution in [3.63, 3.8) is 0 Å². The molecule has 0 unspecified atom stereocenters. The van der Waals surface area contributed by atoms with Crippen LogP contribution in [0, 0.1) is 11.3 Å². The number of pyridine rings is 1. The minimum atomic E-state index is -4.55. The summed E-state index contributed by atoms with van der Waals surface area (Å²) in [6.07, 6.45) is -3.30. The van der Waals surface area contributed by atoms with Crippen molar-refractivity contribution in [3.8, 4) is 6.07 Å². The van der Waals surface area contributed by atoms with Gasteiger partial charge in [0.25, 0.3) is 0 Å². The zero-order valence-electron chi connectivity index (χ0n) is 11.5. The smallest absolute Gasteiger partial charge is 0.267 e.